The molecule has 0 aliphatic carbocycles. The Balaban J connectivity index is 3.15. The zero-order valence-electron chi connectivity index (χ0n) is 10.4. The topological polar surface area (TPSA) is 30.5 Å². The summed E-state index contributed by atoms with van der Waals surface area (Å²) in [6.07, 6.45) is 0. The van der Waals surface area contributed by atoms with Crippen LogP contribution in [-0.2, 0) is 6.54 Å². The number of rotatable bonds is 5. The van der Waals surface area contributed by atoms with E-state index >= 15 is 0 Å². The Hall–Kier alpha value is -0.640. The molecule has 96 valence electrons. The van der Waals surface area contributed by atoms with Gasteiger partial charge in [0.1, 0.15) is 11.5 Å². The summed E-state index contributed by atoms with van der Waals surface area (Å²) >= 11 is 12.4. The molecule has 5 heteroatoms. The van der Waals surface area contributed by atoms with Crippen LogP contribution in [0.3, 0.4) is 0 Å². The van der Waals surface area contributed by atoms with Crippen molar-refractivity contribution in [3.05, 3.63) is 21.7 Å². The lowest BCUT2D eigenvalue weighted by Gasteiger charge is -2.16. The van der Waals surface area contributed by atoms with Gasteiger partial charge in [-0.25, -0.2) is 0 Å². The van der Waals surface area contributed by atoms with Gasteiger partial charge in [-0.05, 0) is 0 Å². The van der Waals surface area contributed by atoms with Crippen LogP contribution in [0.15, 0.2) is 6.07 Å². The predicted molar refractivity (Wildman–Crippen MR) is 71.5 cm³/mol. The van der Waals surface area contributed by atoms with E-state index in [0.29, 0.717) is 34.1 Å². The minimum Gasteiger partial charge on any atom is -0.495 e. The molecule has 0 aliphatic rings. The number of nitrogens with one attached hydrogen (secondary N) is 1. The van der Waals surface area contributed by atoms with Crippen molar-refractivity contribution in [3.63, 3.8) is 0 Å². The smallest absolute Gasteiger partial charge is 0.141 e. The Morgan fingerprint density at radius 1 is 1.12 bits per heavy atom. The van der Waals surface area contributed by atoms with E-state index in [9.17, 15) is 0 Å². The Labute approximate surface area is 112 Å². The van der Waals surface area contributed by atoms with Crippen molar-refractivity contribution < 1.29 is 9.47 Å². The monoisotopic (exact) mass is 277 g/mol. The number of ether oxygens (including phenoxy) is 2. The van der Waals surface area contributed by atoms with Gasteiger partial charge in [0, 0.05) is 24.2 Å². The molecule has 0 spiro atoms. The second-order valence-corrected chi connectivity index (χ2v) is 4.68. The highest BCUT2D eigenvalue weighted by molar-refractivity contribution is 6.37. The number of hydrogen-bond acceptors (Lipinski definition) is 3. The van der Waals surface area contributed by atoms with Crippen LogP contribution in [0.25, 0.3) is 0 Å². The molecule has 0 fully saturated rings. The second-order valence-electron chi connectivity index (χ2n) is 3.92. The van der Waals surface area contributed by atoms with E-state index in [4.69, 9.17) is 32.7 Å². The molecule has 0 bridgehead atoms. The van der Waals surface area contributed by atoms with Crippen LogP contribution < -0.4 is 14.8 Å². The number of hydrogen-bond donors (Lipinski definition) is 1. The molecule has 0 atom stereocenters. The van der Waals surface area contributed by atoms with Crippen molar-refractivity contribution >= 4 is 23.2 Å². The molecule has 1 rings (SSSR count). The molecule has 1 aromatic carbocycles. The Morgan fingerprint density at radius 3 is 1.94 bits per heavy atom. The number of benzene rings is 1. The van der Waals surface area contributed by atoms with E-state index in [0.717, 1.165) is 5.56 Å². The van der Waals surface area contributed by atoms with Gasteiger partial charge in [0.15, 0.2) is 0 Å². The maximum Gasteiger partial charge on any atom is 0.141 e. The van der Waals surface area contributed by atoms with E-state index in [1.54, 1.807) is 20.3 Å². The van der Waals surface area contributed by atoms with Gasteiger partial charge in [-0.15, -0.1) is 0 Å². The molecule has 17 heavy (non-hydrogen) atoms. The number of methoxy groups -OCH3 is 2. The third-order valence-electron chi connectivity index (χ3n) is 2.35. The van der Waals surface area contributed by atoms with Crippen molar-refractivity contribution in [3.8, 4) is 11.5 Å². The van der Waals surface area contributed by atoms with Crippen LogP contribution in [0.4, 0.5) is 0 Å². The van der Waals surface area contributed by atoms with Crippen molar-refractivity contribution in [2.24, 2.45) is 0 Å². The van der Waals surface area contributed by atoms with Gasteiger partial charge in [-0.1, -0.05) is 37.0 Å². The van der Waals surface area contributed by atoms with Crippen molar-refractivity contribution in [2.45, 2.75) is 26.4 Å². The zero-order valence-corrected chi connectivity index (χ0v) is 11.9. The fourth-order valence-corrected chi connectivity index (χ4v) is 2.03. The number of halogens is 2. The first-order valence-electron chi connectivity index (χ1n) is 5.33. The molecule has 0 heterocycles. The molecule has 0 amide bonds. The fraction of sp³-hybridized carbons (Fsp3) is 0.500. The lowest BCUT2D eigenvalue weighted by atomic mass is 10.2. The Kier molecular flexibility index (Phi) is 5.37. The van der Waals surface area contributed by atoms with Gasteiger partial charge in [0.2, 0.25) is 0 Å². The third-order valence-corrected chi connectivity index (χ3v) is 3.18. The maximum atomic E-state index is 6.22. The average Bonchev–Trinajstić information content (AvgIpc) is 2.29. The highest BCUT2D eigenvalue weighted by Gasteiger charge is 2.16. The quantitative estimate of drug-likeness (QED) is 0.894. The summed E-state index contributed by atoms with van der Waals surface area (Å²) in [4.78, 5) is 0. The van der Waals surface area contributed by atoms with Crippen molar-refractivity contribution in [2.75, 3.05) is 14.2 Å². The van der Waals surface area contributed by atoms with Crippen LogP contribution in [0.2, 0.25) is 10.0 Å². The van der Waals surface area contributed by atoms with Gasteiger partial charge in [0.25, 0.3) is 0 Å². The molecule has 1 N–H and O–H groups in total. The highest BCUT2D eigenvalue weighted by Crippen LogP contribution is 2.40. The largest absolute Gasteiger partial charge is 0.495 e. The van der Waals surface area contributed by atoms with Crippen LogP contribution in [-0.4, -0.2) is 20.3 Å². The van der Waals surface area contributed by atoms with E-state index in [1.165, 1.54) is 0 Å². The molecule has 3 nitrogen and oxygen atoms in total. The Bertz CT molecular complexity index is 366. The molecule has 0 saturated heterocycles. The predicted octanol–water partition coefficient (Wildman–Crippen LogP) is 3.51. The summed E-state index contributed by atoms with van der Waals surface area (Å²) in [5, 5.41) is 4.31. The zero-order chi connectivity index (χ0) is 13.0. The lowest BCUT2D eigenvalue weighted by molar-refractivity contribution is 0.393. The first-order chi connectivity index (χ1) is 8.01. The molecule has 0 saturated carbocycles. The van der Waals surface area contributed by atoms with Crippen molar-refractivity contribution in [1.82, 2.24) is 5.32 Å². The minimum absolute atomic E-state index is 0.347. The summed E-state index contributed by atoms with van der Waals surface area (Å²) in [5.41, 5.74) is 0.790. The summed E-state index contributed by atoms with van der Waals surface area (Å²) in [5.74, 6) is 1.13. The molecule has 0 aromatic heterocycles. The van der Waals surface area contributed by atoms with Gasteiger partial charge < -0.3 is 14.8 Å². The standard InChI is InChI=1S/C12H17Cl2NO2/c1-7(2)15-6-8-11(13)9(16-3)5-10(17-4)12(8)14/h5,7,15H,6H2,1-4H3. The van der Waals surface area contributed by atoms with E-state index < -0.39 is 0 Å². The van der Waals surface area contributed by atoms with E-state index in [2.05, 4.69) is 19.2 Å². The van der Waals surface area contributed by atoms with Crippen LogP contribution in [0.5, 0.6) is 11.5 Å². The molecular weight excluding hydrogens is 261 g/mol. The summed E-state index contributed by atoms with van der Waals surface area (Å²) in [6, 6.07) is 2.03. The Morgan fingerprint density at radius 2 is 1.59 bits per heavy atom. The average molecular weight is 278 g/mol. The molecule has 1 aromatic rings. The maximum absolute atomic E-state index is 6.22. The fourth-order valence-electron chi connectivity index (χ4n) is 1.40. The van der Waals surface area contributed by atoms with Gasteiger partial charge in [-0.2, -0.15) is 0 Å². The SMILES string of the molecule is COc1cc(OC)c(Cl)c(CNC(C)C)c1Cl. The van der Waals surface area contributed by atoms with Gasteiger partial charge in [0.05, 0.1) is 24.3 Å². The first-order valence-corrected chi connectivity index (χ1v) is 6.09. The van der Waals surface area contributed by atoms with Crippen LogP contribution >= 0.6 is 23.2 Å². The second kappa shape index (κ2) is 6.34. The van der Waals surface area contributed by atoms with Gasteiger partial charge in [-0.3, -0.25) is 0 Å². The molecular formula is C12H17Cl2NO2. The van der Waals surface area contributed by atoms with Crippen LogP contribution in [0, 0.1) is 0 Å². The summed E-state index contributed by atoms with van der Waals surface area (Å²) in [7, 11) is 3.13. The molecule has 0 radical (unpaired) electrons. The summed E-state index contributed by atoms with van der Waals surface area (Å²) in [6.45, 7) is 4.68. The van der Waals surface area contributed by atoms with E-state index in [1.807, 2.05) is 0 Å². The molecule has 0 unspecified atom stereocenters. The highest BCUT2D eigenvalue weighted by atomic mass is 35.5. The minimum atomic E-state index is 0.347. The lowest BCUT2D eigenvalue weighted by Crippen LogP contribution is -2.22. The van der Waals surface area contributed by atoms with Gasteiger partial charge >= 0.3 is 0 Å². The molecule has 0 aliphatic heterocycles. The third kappa shape index (κ3) is 3.41. The van der Waals surface area contributed by atoms with Crippen molar-refractivity contribution in [1.29, 1.82) is 0 Å². The summed E-state index contributed by atoms with van der Waals surface area (Å²) < 4.78 is 10.4. The first kappa shape index (κ1) is 14.4. The van der Waals surface area contributed by atoms with Crippen LogP contribution in [0.1, 0.15) is 19.4 Å². The normalized spacial score (nSPS) is 10.8. The van der Waals surface area contributed by atoms with E-state index in [-0.39, 0.29) is 0 Å².